The van der Waals surface area contributed by atoms with Crippen molar-refractivity contribution in [3.05, 3.63) is 73.2 Å². The van der Waals surface area contributed by atoms with Crippen LogP contribution >= 0.6 is 11.3 Å². The van der Waals surface area contributed by atoms with Gasteiger partial charge in [0.1, 0.15) is 35.1 Å². The number of hydrogen-bond acceptors (Lipinski definition) is 7. The van der Waals surface area contributed by atoms with Crippen molar-refractivity contribution in [1.82, 2.24) is 0 Å². The largest absolute Gasteiger partial charge is 0.496 e. The highest BCUT2D eigenvalue weighted by Crippen LogP contribution is 2.43. The van der Waals surface area contributed by atoms with Crippen LogP contribution in [0.4, 0.5) is 5.69 Å². The predicted octanol–water partition coefficient (Wildman–Crippen LogP) is 6.57. The third-order valence-corrected chi connectivity index (χ3v) is 8.27. The first kappa shape index (κ1) is 25.4. The summed E-state index contributed by atoms with van der Waals surface area (Å²) in [5.41, 5.74) is 5.14. The number of aryl methyl sites for hydroxylation is 1. The highest BCUT2D eigenvalue weighted by atomic mass is 32.1. The zero-order valence-corrected chi connectivity index (χ0v) is 22.6. The van der Waals surface area contributed by atoms with Crippen LogP contribution in [0.1, 0.15) is 53.1 Å². The lowest BCUT2D eigenvalue weighted by Gasteiger charge is -2.38. The molecule has 0 radical (unpaired) electrons. The normalized spacial score (nSPS) is 17.7. The summed E-state index contributed by atoms with van der Waals surface area (Å²) in [5, 5.41) is 28.3. The maximum absolute atomic E-state index is 9.74. The summed E-state index contributed by atoms with van der Waals surface area (Å²) in [6.07, 6.45) is 12.6. The molecular formula is C31H28N4O2S. The van der Waals surface area contributed by atoms with E-state index in [1.54, 1.807) is 18.4 Å². The van der Waals surface area contributed by atoms with E-state index in [0.717, 1.165) is 53.4 Å². The van der Waals surface area contributed by atoms with Crippen molar-refractivity contribution in [2.75, 3.05) is 25.1 Å². The van der Waals surface area contributed by atoms with Crippen molar-refractivity contribution in [3.63, 3.8) is 0 Å². The van der Waals surface area contributed by atoms with Crippen LogP contribution in [0.25, 0.3) is 18.2 Å². The summed E-state index contributed by atoms with van der Waals surface area (Å²) in [5.74, 6) is 1.04. The average molecular weight is 521 g/mol. The molecule has 7 heteroatoms. The number of benzene rings is 1. The first-order valence-electron chi connectivity index (χ1n) is 12.7. The van der Waals surface area contributed by atoms with Crippen LogP contribution in [-0.2, 0) is 17.6 Å². The summed E-state index contributed by atoms with van der Waals surface area (Å²) in [4.78, 5) is 4.65. The van der Waals surface area contributed by atoms with Crippen molar-refractivity contribution >= 4 is 35.3 Å². The Labute approximate surface area is 227 Å². The monoisotopic (exact) mass is 520 g/mol. The van der Waals surface area contributed by atoms with Gasteiger partial charge in [0.15, 0.2) is 11.3 Å². The van der Waals surface area contributed by atoms with Crippen LogP contribution in [-0.4, -0.2) is 25.8 Å². The fourth-order valence-electron chi connectivity index (χ4n) is 5.59. The van der Waals surface area contributed by atoms with Gasteiger partial charge in [0.25, 0.3) is 0 Å². The number of thiophene rings is 1. The minimum absolute atomic E-state index is 0.0538. The molecule has 0 atom stereocenters. The number of nitriles is 3. The number of ether oxygens (including phenoxy) is 2. The highest BCUT2D eigenvalue weighted by Gasteiger charge is 2.38. The van der Waals surface area contributed by atoms with Crippen LogP contribution in [0, 0.1) is 34.0 Å². The molecule has 0 aliphatic carbocycles. The van der Waals surface area contributed by atoms with Crippen molar-refractivity contribution in [2.45, 2.75) is 45.1 Å². The minimum Gasteiger partial charge on any atom is -0.496 e. The fraction of sp³-hybridized carbons (Fsp3) is 0.323. The van der Waals surface area contributed by atoms with Crippen molar-refractivity contribution in [1.29, 1.82) is 15.8 Å². The second kappa shape index (κ2) is 10.3. The Balaban J connectivity index is 1.42. The van der Waals surface area contributed by atoms with E-state index < -0.39 is 5.60 Å². The molecule has 0 amide bonds. The predicted molar refractivity (Wildman–Crippen MR) is 150 cm³/mol. The molecule has 0 fully saturated rings. The standard InChI is InChI=1S/C31H28N4O2S/c1-31(2)27(26(19-34)30(37-31)22(17-32)18-33)13-12-24-11-10-23(38-24)9-8-21-16-20-6-4-14-35-15-5-7-25(28(20)35)29(21)36-3/h8-13,16H,4-7,14-15H2,1-3H3/b9-8+,13-12+. The van der Waals surface area contributed by atoms with Gasteiger partial charge in [-0.2, -0.15) is 15.8 Å². The molecule has 3 aliphatic heterocycles. The Morgan fingerprint density at radius 3 is 2.37 bits per heavy atom. The molecule has 0 bridgehead atoms. The van der Waals surface area contributed by atoms with E-state index in [4.69, 9.17) is 9.47 Å². The van der Waals surface area contributed by atoms with E-state index >= 15 is 0 Å². The smallest absolute Gasteiger partial charge is 0.172 e. The zero-order valence-electron chi connectivity index (χ0n) is 21.8. The summed E-state index contributed by atoms with van der Waals surface area (Å²) < 4.78 is 11.8. The maximum Gasteiger partial charge on any atom is 0.172 e. The molecule has 0 unspecified atom stereocenters. The van der Waals surface area contributed by atoms with Gasteiger partial charge in [0.2, 0.25) is 0 Å². The molecule has 1 aromatic heterocycles. The Morgan fingerprint density at radius 1 is 1.03 bits per heavy atom. The topological polar surface area (TPSA) is 93.1 Å². The number of rotatable bonds is 5. The van der Waals surface area contributed by atoms with Gasteiger partial charge in [-0.1, -0.05) is 6.08 Å². The molecule has 190 valence electrons. The Bertz CT molecular complexity index is 1530. The lowest BCUT2D eigenvalue weighted by Crippen LogP contribution is -2.34. The van der Waals surface area contributed by atoms with Crippen LogP contribution in [0.15, 0.2) is 46.8 Å². The van der Waals surface area contributed by atoms with E-state index in [1.165, 1.54) is 23.2 Å². The Morgan fingerprint density at radius 2 is 1.71 bits per heavy atom. The van der Waals surface area contributed by atoms with Gasteiger partial charge in [-0.3, -0.25) is 0 Å². The summed E-state index contributed by atoms with van der Waals surface area (Å²) in [6, 6.07) is 12.2. The van der Waals surface area contributed by atoms with Gasteiger partial charge in [-0.15, -0.1) is 11.3 Å². The molecular weight excluding hydrogens is 492 g/mol. The van der Waals surface area contributed by atoms with Gasteiger partial charge in [0.05, 0.1) is 7.11 Å². The van der Waals surface area contributed by atoms with Gasteiger partial charge in [-0.05, 0) is 81.5 Å². The molecule has 6 nitrogen and oxygen atoms in total. The van der Waals surface area contributed by atoms with Crippen LogP contribution in [0.5, 0.6) is 5.75 Å². The lowest BCUT2D eigenvalue weighted by molar-refractivity contribution is 0.0954. The number of nitrogens with zero attached hydrogens (tertiary/aromatic N) is 4. The van der Waals surface area contributed by atoms with E-state index in [9.17, 15) is 15.8 Å². The summed E-state index contributed by atoms with van der Waals surface area (Å²) >= 11 is 1.64. The van der Waals surface area contributed by atoms with Gasteiger partial charge >= 0.3 is 0 Å². The second-order valence-corrected chi connectivity index (χ2v) is 11.2. The average Bonchev–Trinajstić information content (AvgIpc) is 3.48. The quantitative estimate of drug-likeness (QED) is 0.414. The molecule has 1 aromatic carbocycles. The molecule has 3 aliphatic rings. The maximum atomic E-state index is 9.74. The van der Waals surface area contributed by atoms with E-state index in [-0.39, 0.29) is 16.9 Å². The Hall–Kier alpha value is -4.25. The molecule has 0 spiro atoms. The summed E-state index contributed by atoms with van der Waals surface area (Å²) in [7, 11) is 1.76. The lowest BCUT2D eigenvalue weighted by atomic mass is 9.89. The number of methoxy groups -OCH3 is 1. The Kier molecular flexibility index (Phi) is 6.85. The number of allylic oxidation sites excluding steroid dienone is 2. The van der Waals surface area contributed by atoms with Crippen LogP contribution in [0.2, 0.25) is 0 Å². The molecule has 2 aromatic rings. The third kappa shape index (κ3) is 4.49. The molecule has 5 rings (SSSR count). The van der Waals surface area contributed by atoms with Crippen LogP contribution in [0.3, 0.4) is 0 Å². The van der Waals surface area contributed by atoms with Crippen molar-refractivity contribution < 1.29 is 9.47 Å². The minimum atomic E-state index is -0.825. The highest BCUT2D eigenvalue weighted by molar-refractivity contribution is 7.13. The SMILES string of the molecule is COc1c(/C=C/c2ccc(/C=C/C3=C(C#N)C(=C(C#N)C#N)OC3(C)C)s2)cc2c3c1CCCN3CCC2. The van der Waals surface area contributed by atoms with E-state index in [2.05, 4.69) is 35.3 Å². The molecule has 0 saturated heterocycles. The van der Waals surface area contributed by atoms with E-state index in [0.29, 0.717) is 5.57 Å². The molecule has 4 heterocycles. The van der Waals surface area contributed by atoms with E-state index in [1.807, 2.05) is 44.2 Å². The third-order valence-electron chi connectivity index (χ3n) is 7.26. The molecule has 0 saturated carbocycles. The van der Waals surface area contributed by atoms with Crippen molar-refractivity contribution in [3.8, 4) is 24.0 Å². The molecule has 38 heavy (non-hydrogen) atoms. The van der Waals surface area contributed by atoms with Crippen LogP contribution < -0.4 is 9.64 Å². The van der Waals surface area contributed by atoms with Crippen molar-refractivity contribution in [2.24, 2.45) is 0 Å². The fourth-order valence-corrected chi connectivity index (χ4v) is 6.40. The number of anilines is 1. The number of hydrogen-bond donors (Lipinski definition) is 0. The summed E-state index contributed by atoms with van der Waals surface area (Å²) in [6.45, 7) is 5.92. The van der Waals surface area contributed by atoms with Gasteiger partial charge in [-0.25, -0.2) is 0 Å². The zero-order chi connectivity index (χ0) is 26.9. The van der Waals surface area contributed by atoms with Gasteiger partial charge in [0, 0.05) is 45.2 Å². The van der Waals surface area contributed by atoms with Gasteiger partial charge < -0.3 is 14.4 Å². The first-order chi connectivity index (χ1) is 18.4. The first-order valence-corrected chi connectivity index (χ1v) is 13.5. The molecule has 0 N–H and O–H groups in total. The second-order valence-electron chi connectivity index (χ2n) is 10.0.